The van der Waals surface area contributed by atoms with Crippen LogP contribution in [-0.4, -0.2) is 24.8 Å². The quantitative estimate of drug-likeness (QED) is 0.657. The molecule has 0 aromatic heterocycles. The van der Waals surface area contributed by atoms with E-state index in [9.17, 15) is 9.59 Å². The van der Waals surface area contributed by atoms with E-state index in [0.717, 1.165) is 0 Å². The molecule has 0 spiro atoms. The van der Waals surface area contributed by atoms with E-state index in [1.54, 1.807) is 20.8 Å². The maximum Gasteiger partial charge on any atom is 0.227 e. The Morgan fingerprint density at radius 3 is 2.13 bits per heavy atom. The molecule has 0 saturated carbocycles. The summed E-state index contributed by atoms with van der Waals surface area (Å²) in [4.78, 5) is 23.2. The van der Waals surface area contributed by atoms with Gasteiger partial charge in [0.2, 0.25) is 23.1 Å². The molecule has 0 radical (unpaired) electrons. The monoisotopic (exact) mass is 210 g/mol. The average Bonchev–Trinajstić information content (AvgIpc) is 2.20. The summed E-state index contributed by atoms with van der Waals surface area (Å²) in [6.07, 6.45) is 1.27. The van der Waals surface area contributed by atoms with Gasteiger partial charge in [0, 0.05) is 5.57 Å². The van der Waals surface area contributed by atoms with Crippen LogP contribution in [0.5, 0.6) is 0 Å². The highest BCUT2D eigenvalue weighted by molar-refractivity contribution is 6.20. The van der Waals surface area contributed by atoms with Gasteiger partial charge in [0.25, 0.3) is 0 Å². The van der Waals surface area contributed by atoms with Crippen LogP contribution in [0.4, 0.5) is 0 Å². The van der Waals surface area contributed by atoms with Gasteiger partial charge in [-0.2, -0.15) is 0 Å². The SMILES string of the molecule is CCOC1=C(OCC)C(=O)C(C)=CC1=O. The van der Waals surface area contributed by atoms with Crippen molar-refractivity contribution in [3.8, 4) is 0 Å². The van der Waals surface area contributed by atoms with Gasteiger partial charge in [-0.3, -0.25) is 9.59 Å². The van der Waals surface area contributed by atoms with Gasteiger partial charge >= 0.3 is 0 Å². The van der Waals surface area contributed by atoms with Crippen LogP contribution in [0.25, 0.3) is 0 Å². The second kappa shape index (κ2) is 4.77. The topological polar surface area (TPSA) is 52.6 Å². The Morgan fingerprint density at radius 2 is 1.60 bits per heavy atom. The Kier molecular flexibility index (Phi) is 3.66. The second-order valence-electron chi connectivity index (χ2n) is 3.04. The number of rotatable bonds is 4. The first-order valence-electron chi connectivity index (χ1n) is 4.89. The Morgan fingerprint density at radius 1 is 1.07 bits per heavy atom. The molecule has 0 amide bonds. The minimum Gasteiger partial charge on any atom is -0.486 e. The predicted molar refractivity (Wildman–Crippen MR) is 54.0 cm³/mol. The molecule has 4 heteroatoms. The third-order valence-corrected chi connectivity index (χ3v) is 1.92. The first-order valence-corrected chi connectivity index (χ1v) is 4.89. The van der Waals surface area contributed by atoms with E-state index < -0.39 is 0 Å². The van der Waals surface area contributed by atoms with Crippen LogP contribution < -0.4 is 0 Å². The van der Waals surface area contributed by atoms with E-state index in [2.05, 4.69) is 0 Å². The molecule has 0 bridgehead atoms. The van der Waals surface area contributed by atoms with Crippen LogP contribution in [0.1, 0.15) is 20.8 Å². The highest BCUT2D eigenvalue weighted by Gasteiger charge is 2.29. The normalized spacial score (nSPS) is 16.6. The summed E-state index contributed by atoms with van der Waals surface area (Å²) in [7, 11) is 0. The summed E-state index contributed by atoms with van der Waals surface area (Å²) < 4.78 is 10.3. The fourth-order valence-corrected chi connectivity index (χ4v) is 1.28. The Bertz CT molecular complexity index is 350. The van der Waals surface area contributed by atoms with Crippen LogP contribution in [0.3, 0.4) is 0 Å². The van der Waals surface area contributed by atoms with E-state index in [1.807, 2.05) is 0 Å². The maximum atomic E-state index is 11.7. The smallest absolute Gasteiger partial charge is 0.227 e. The van der Waals surface area contributed by atoms with Gasteiger partial charge in [-0.1, -0.05) is 0 Å². The molecule has 0 aromatic carbocycles. The van der Waals surface area contributed by atoms with E-state index in [4.69, 9.17) is 9.47 Å². The third kappa shape index (κ3) is 2.26. The van der Waals surface area contributed by atoms with Crippen LogP contribution >= 0.6 is 0 Å². The van der Waals surface area contributed by atoms with Crippen molar-refractivity contribution in [3.05, 3.63) is 23.2 Å². The number of hydrogen-bond acceptors (Lipinski definition) is 4. The summed E-state index contributed by atoms with van der Waals surface area (Å²) >= 11 is 0. The van der Waals surface area contributed by atoms with Crippen LogP contribution in [0.15, 0.2) is 23.2 Å². The zero-order chi connectivity index (χ0) is 11.4. The van der Waals surface area contributed by atoms with E-state index in [0.29, 0.717) is 18.8 Å². The molecule has 1 aliphatic rings. The number of carbonyl (C=O) groups excluding carboxylic acids is 2. The highest BCUT2D eigenvalue weighted by Crippen LogP contribution is 2.20. The zero-order valence-electron chi connectivity index (χ0n) is 9.12. The van der Waals surface area contributed by atoms with Gasteiger partial charge in [-0.05, 0) is 26.8 Å². The lowest BCUT2D eigenvalue weighted by atomic mass is 10.0. The molecule has 1 rings (SSSR count). The van der Waals surface area contributed by atoms with Crippen molar-refractivity contribution >= 4 is 11.6 Å². The largest absolute Gasteiger partial charge is 0.486 e. The summed E-state index contributed by atoms with van der Waals surface area (Å²) in [6.45, 7) is 5.75. The van der Waals surface area contributed by atoms with Gasteiger partial charge < -0.3 is 9.47 Å². The summed E-state index contributed by atoms with van der Waals surface area (Å²) in [6, 6.07) is 0. The Labute approximate surface area is 88.6 Å². The fraction of sp³-hybridized carbons (Fsp3) is 0.455. The summed E-state index contributed by atoms with van der Waals surface area (Å²) in [5.41, 5.74) is 0.381. The highest BCUT2D eigenvalue weighted by atomic mass is 16.5. The number of ether oxygens (including phenoxy) is 2. The molecule has 0 fully saturated rings. The van der Waals surface area contributed by atoms with Gasteiger partial charge in [0.1, 0.15) is 0 Å². The molecule has 0 aromatic rings. The van der Waals surface area contributed by atoms with E-state index in [1.165, 1.54) is 6.08 Å². The molecule has 15 heavy (non-hydrogen) atoms. The van der Waals surface area contributed by atoms with Crippen molar-refractivity contribution in [2.45, 2.75) is 20.8 Å². The van der Waals surface area contributed by atoms with Crippen molar-refractivity contribution in [1.29, 1.82) is 0 Å². The van der Waals surface area contributed by atoms with Crippen molar-refractivity contribution in [3.63, 3.8) is 0 Å². The second-order valence-corrected chi connectivity index (χ2v) is 3.04. The van der Waals surface area contributed by atoms with Gasteiger partial charge in [-0.25, -0.2) is 0 Å². The molecule has 4 nitrogen and oxygen atoms in total. The summed E-state index contributed by atoms with van der Waals surface area (Å²) in [5, 5.41) is 0. The van der Waals surface area contributed by atoms with Crippen molar-refractivity contribution < 1.29 is 19.1 Å². The lowest BCUT2D eigenvalue weighted by Crippen LogP contribution is -2.21. The van der Waals surface area contributed by atoms with E-state index in [-0.39, 0.29) is 23.1 Å². The molecule has 1 aliphatic carbocycles. The van der Waals surface area contributed by atoms with Gasteiger partial charge in [0.15, 0.2) is 0 Å². The van der Waals surface area contributed by atoms with Crippen molar-refractivity contribution in [2.24, 2.45) is 0 Å². The standard InChI is InChI=1S/C11H14O4/c1-4-14-10-8(12)6-7(3)9(13)11(10)15-5-2/h6H,4-5H2,1-3H3. The maximum absolute atomic E-state index is 11.7. The predicted octanol–water partition coefficient (Wildman–Crippen LogP) is 1.37. The van der Waals surface area contributed by atoms with Gasteiger partial charge in [0.05, 0.1) is 13.2 Å². The minimum atomic E-state index is -0.308. The summed E-state index contributed by atoms with van der Waals surface area (Å²) in [5.74, 6) is -0.531. The molecule has 0 N–H and O–H groups in total. The van der Waals surface area contributed by atoms with Crippen molar-refractivity contribution in [2.75, 3.05) is 13.2 Å². The first kappa shape index (κ1) is 11.5. The lowest BCUT2D eigenvalue weighted by Gasteiger charge is -2.16. The van der Waals surface area contributed by atoms with Crippen LogP contribution in [0, 0.1) is 0 Å². The molecule has 0 unspecified atom stereocenters. The third-order valence-electron chi connectivity index (χ3n) is 1.92. The molecule has 0 heterocycles. The minimum absolute atomic E-state index is 0.0231. The Balaban J connectivity index is 3.09. The lowest BCUT2D eigenvalue weighted by molar-refractivity contribution is -0.121. The first-order chi connectivity index (χ1) is 7.11. The molecule has 0 atom stereocenters. The van der Waals surface area contributed by atoms with Crippen LogP contribution in [0.2, 0.25) is 0 Å². The number of Topliss-reactive ketones (excluding diaryl/α,β-unsaturated/α-hetero) is 1. The molecular formula is C11H14O4. The molecule has 0 aliphatic heterocycles. The number of ketones is 2. The Hall–Kier alpha value is -1.58. The van der Waals surface area contributed by atoms with Crippen molar-refractivity contribution in [1.82, 2.24) is 0 Å². The average molecular weight is 210 g/mol. The zero-order valence-corrected chi connectivity index (χ0v) is 9.12. The molecular weight excluding hydrogens is 196 g/mol. The van der Waals surface area contributed by atoms with Gasteiger partial charge in [-0.15, -0.1) is 0 Å². The number of allylic oxidation sites excluding steroid dienone is 2. The fourth-order valence-electron chi connectivity index (χ4n) is 1.28. The number of carbonyl (C=O) groups is 2. The van der Waals surface area contributed by atoms with E-state index >= 15 is 0 Å². The molecule has 82 valence electrons. The number of hydrogen-bond donors (Lipinski definition) is 0. The molecule has 0 saturated heterocycles. The van der Waals surface area contributed by atoms with Crippen LogP contribution in [-0.2, 0) is 19.1 Å².